The minimum absolute atomic E-state index is 0.194. The molecule has 3 rings (SSSR count). The molecular weight excluding hydrogens is 346 g/mol. The minimum Gasteiger partial charge on any atom is -0.447 e. The van der Waals surface area contributed by atoms with E-state index < -0.39 is 6.09 Å². The van der Waals surface area contributed by atoms with Crippen molar-refractivity contribution < 1.29 is 9.53 Å². The Kier molecular flexibility index (Phi) is 5.89. The lowest BCUT2D eigenvalue weighted by Crippen LogP contribution is -2.18. The largest absolute Gasteiger partial charge is 0.447 e. The van der Waals surface area contributed by atoms with Crippen LogP contribution in [0.25, 0.3) is 10.4 Å². The van der Waals surface area contributed by atoms with Gasteiger partial charge in [-0.15, -0.1) is 11.3 Å². The van der Waals surface area contributed by atoms with Crippen molar-refractivity contribution in [3.8, 4) is 16.5 Å². The molecular formula is C20H23N3O2S. The third-order valence-corrected chi connectivity index (χ3v) is 5.67. The Labute approximate surface area is 158 Å². The van der Waals surface area contributed by atoms with Crippen LogP contribution in [0.2, 0.25) is 0 Å². The number of nitriles is 1. The zero-order chi connectivity index (χ0) is 18.5. The Hall–Kier alpha value is -2.39. The molecule has 0 atom stereocenters. The van der Waals surface area contributed by atoms with E-state index in [1.54, 1.807) is 37.3 Å². The number of ether oxygens (including phenoxy) is 1. The summed E-state index contributed by atoms with van der Waals surface area (Å²) in [6.07, 6.45) is 7.43. The molecule has 0 aliphatic heterocycles. The number of amides is 1. The van der Waals surface area contributed by atoms with Crippen LogP contribution in [0.1, 0.15) is 62.4 Å². The maximum absolute atomic E-state index is 11.7. The number of hydrogen-bond donors (Lipinski definition) is 1. The van der Waals surface area contributed by atoms with E-state index >= 15 is 0 Å². The fourth-order valence-corrected chi connectivity index (χ4v) is 4.37. The highest BCUT2D eigenvalue weighted by Crippen LogP contribution is 2.38. The van der Waals surface area contributed by atoms with E-state index in [1.807, 2.05) is 12.3 Å². The highest BCUT2D eigenvalue weighted by molar-refractivity contribution is 7.15. The minimum atomic E-state index is -0.519. The molecule has 1 aliphatic rings. The van der Waals surface area contributed by atoms with Crippen LogP contribution in [-0.2, 0) is 4.74 Å². The van der Waals surface area contributed by atoms with Crippen LogP contribution in [0.3, 0.4) is 0 Å². The van der Waals surface area contributed by atoms with E-state index in [-0.39, 0.29) is 6.10 Å². The number of thiazole rings is 1. The summed E-state index contributed by atoms with van der Waals surface area (Å²) < 4.78 is 5.07. The molecule has 1 saturated carbocycles. The van der Waals surface area contributed by atoms with E-state index in [0.29, 0.717) is 17.2 Å². The molecule has 0 radical (unpaired) electrons. The van der Waals surface area contributed by atoms with Crippen molar-refractivity contribution in [3.05, 3.63) is 35.0 Å². The van der Waals surface area contributed by atoms with E-state index in [2.05, 4.69) is 16.4 Å². The Morgan fingerprint density at radius 1 is 1.35 bits per heavy atom. The average molecular weight is 369 g/mol. The molecule has 1 aromatic heterocycles. The molecule has 5 nitrogen and oxygen atoms in total. The summed E-state index contributed by atoms with van der Waals surface area (Å²) >= 11 is 1.68. The number of aromatic nitrogens is 1. The lowest BCUT2D eigenvalue weighted by Gasteiger charge is -2.18. The highest BCUT2D eigenvalue weighted by Gasteiger charge is 2.20. The summed E-state index contributed by atoms with van der Waals surface area (Å²) in [5.74, 6) is 0.555. The van der Waals surface area contributed by atoms with Crippen molar-refractivity contribution in [2.24, 2.45) is 0 Å². The lowest BCUT2D eigenvalue weighted by molar-refractivity contribution is 0.130. The first-order valence-corrected chi connectivity index (χ1v) is 9.86. The quantitative estimate of drug-likeness (QED) is 0.751. The number of anilines is 1. The van der Waals surface area contributed by atoms with Crippen LogP contribution in [0.15, 0.2) is 24.4 Å². The summed E-state index contributed by atoms with van der Waals surface area (Å²) in [5.41, 5.74) is 1.92. The van der Waals surface area contributed by atoms with Crippen LogP contribution in [0, 0.1) is 11.3 Å². The summed E-state index contributed by atoms with van der Waals surface area (Å²) in [7, 11) is 0. The molecule has 1 aromatic carbocycles. The second-order valence-electron chi connectivity index (χ2n) is 6.85. The molecule has 136 valence electrons. The molecule has 1 fully saturated rings. The Morgan fingerprint density at radius 3 is 2.81 bits per heavy atom. The van der Waals surface area contributed by atoms with Crippen molar-refractivity contribution in [1.82, 2.24) is 4.98 Å². The van der Waals surface area contributed by atoms with Gasteiger partial charge in [0.1, 0.15) is 0 Å². The topological polar surface area (TPSA) is 75.0 Å². The van der Waals surface area contributed by atoms with Gasteiger partial charge in [-0.25, -0.2) is 9.78 Å². The molecule has 1 heterocycles. The van der Waals surface area contributed by atoms with Gasteiger partial charge in [0.2, 0.25) is 0 Å². The zero-order valence-corrected chi connectivity index (χ0v) is 15.9. The fourth-order valence-electron chi connectivity index (χ4n) is 3.24. The molecule has 0 spiro atoms. The number of rotatable bonds is 4. The van der Waals surface area contributed by atoms with E-state index in [9.17, 15) is 10.1 Å². The van der Waals surface area contributed by atoms with Gasteiger partial charge < -0.3 is 4.74 Å². The van der Waals surface area contributed by atoms with Crippen molar-refractivity contribution >= 4 is 23.1 Å². The molecule has 1 aliphatic carbocycles. The number of benzene rings is 1. The van der Waals surface area contributed by atoms with Gasteiger partial charge in [-0.3, -0.25) is 5.32 Å². The van der Waals surface area contributed by atoms with Crippen LogP contribution in [0.4, 0.5) is 10.5 Å². The van der Waals surface area contributed by atoms with Gasteiger partial charge in [-0.2, -0.15) is 5.26 Å². The molecule has 6 heteroatoms. The molecule has 0 saturated heterocycles. The molecule has 1 N–H and O–H groups in total. The van der Waals surface area contributed by atoms with Gasteiger partial charge >= 0.3 is 6.09 Å². The maximum atomic E-state index is 11.7. The highest BCUT2D eigenvalue weighted by atomic mass is 32.1. The van der Waals surface area contributed by atoms with E-state index in [0.717, 1.165) is 10.4 Å². The molecule has 1 amide bonds. The number of nitrogens with one attached hydrogen (secondary N) is 1. The number of carbonyl (C=O) groups excluding carboxylic acids is 1. The third kappa shape index (κ3) is 4.41. The first-order valence-electron chi connectivity index (χ1n) is 9.04. The lowest BCUT2D eigenvalue weighted by atomic mass is 9.90. The van der Waals surface area contributed by atoms with Gasteiger partial charge in [0.05, 0.1) is 27.6 Å². The average Bonchev–Trinajstić information content (AvgIpc) is 3.11. The van der Waals surface area contributed by atoms with E-state index in [1.165, 1.54) is 37.1 Å². The second kappa shape index (κ2) is 8.33. The second-order valence-corrected chi connectivity index (χ2v) is 7.91. The van der Waals surface area contributed by atoms with Gasteiger partial charge in [-0.1, -0.05) is 25.3 Å². The van der Waals surface area contributed by atoms with Gasteiger partial charge in [0, 0.05) is 23.4 Å². The van der Waals surface area contributed by atoms with Crippen LogP contribution < -0.4 is 5.32 Å². The van der Waals surface area contributed by atoms with Crippen LogP contribution >= 0.6 is 11.3 Å². The zero-order valence-electron chi connectivity index (χ0n) is 15.1. The van der Waals surface area contributed by atoms with Crippen LogP contribution in [0.5, 0.6) is 0 Å². The summed E-state index contributed by atoms with van der Waals surface area (Å²) in [6, 6.07) is 7.55. The SMILES string of the molecule is CC(C)OC(=O)Nc1ccc(-c2cnc(C3CCCCC3)s2)c(C#N)c1. The van der Waals surface area contributed by atoms with Gasteiger partial charge in [-0.05, 0) is 38.8 Å². The number of hydrogen-bond acceptors (Lipinski definition) is 5. The Bertz CT molecular complexity index is 817. The van der Waals surface area contributed by atoms with Crippen molar-refractivity contribution in [1.29, 1.82) is 5.26 Å². The van der Waals surface area contributed by atoms with Crippen molar-refractivity contribution in [2.45, 2.75) is 58.0 Å². The first-order chi connectivity index (χ1) is 12.6. The maximum Gasteiger partial charge on any atom is 0.411 e. The molecule has 2 aromatic rings. The Morgan fingerprint density at radius 2 is 2.12 bits per heavy atom. The fraction of sp³-hybridized carbons (Fsp3) is 0.450. The normalized spacial score (nSPS) is 14.8. The van der Waals surface area contributed by atoms with Crippen molar-refractivity contribution in [3.63, 3.8) is 0 Å². The number of nitrogens with zero attached hydrogens (tertiary/aromatic N) is 2. The monoisotopic (exact) mass is 369 g/mol. The summed E-state index contributed by atoms with van der Waals surface area (Å²) in [5, 5.41) is 13.4. The molecule has 26 heavy (non-hydrogen) atoms. The summed E-state index contributed by atoms with van der Waals surface area (Å²) in [6.45, 7) is 3.58. The molecule has 0 bridgehead atoms. The van der Waals surface area contributed by atoms with E-state index in [4.69, 9.17) is 4.74 Å². The standard InChI is InChI=1S/C20H23N3O2S/c1-13(2)25-20(24)23-16-8-9-17(15(10-16)11-21)18-12-22-19(26-18)14-6-4-3-5-7-14/h8-10,12-14H,3-7H2,1-2H3,(H,23,24). The number of carbonyl (C=O) groups is 1. The Balaban J connectivity index is 1.79. The summed E-state index contributed by atoms with van der Waals surface area (Å²) in [4.78, 5) is 17.3. The predicted octanol–water partition coefficient (Wildman–Crippen LogP) is 5.69. The molecule has 0 unspecified atom stereocenters. The van der Waals surface area contributed by atoms with Gasteiger partial charge in [0.25, 0.3) is 0 Å². The smallest absolute Gasteiger partial charge is 0.411 e. The van der Waals surface area contributed by atoms with Gasteiger partial charge in [0.15, 0.2) is 0 Å². The van der Waals surface area contributed by atoms with Crippen LogP contribution in [-0.4, -0.2) is 17.2 Å². The van der Waals surface area contributed by atoms with Crippen molar-refractivity contribution in [2.75, 3.05) is 5.32 Å². The predicted molar refractivity (Wildman–Crippen MR) is 103 cm³/mol. The third-order valence-electron chi connectivity index (χ3n) is 4.47. The first kappa shape index (κ1) is 18.4.